The van der Waals surface area contributed by atoms with E-state index in [1.807, 2.05) is 13.1 Å². The van der Waals surface area contributed by atoms with Gasteiger partial charge >= 0.3 is 0 Å². The van der Waals surface area contributed by atoms with Crippen LogP contribution in [0.3, 0.4) is 0 Å². The van der Waals surface area contributed by atoms with Crippen molar-refractivity contribution in [1.82, 2.24) is 0 Å². The Labute approximate surface area is 107 Å². The molecule has 1 aromatic rings. The molecule has 0 saturated heterocycles. The van der Waals surface area contributed by atoms with Gasteiger partial charge in [-0.1, -0.05) is 12.5 Å². The van der Waals surface area contributed by atoms with E-state index in [0.29, 0.717) is 5.92 Å². The highest BCUT2D eigenvalue weighted by molar-refractivity contribution is 5.95. The van der Waals surface area contributed by atoms with E-state index in [-0.39, 0.29) is 17.6 Å². The summed E-state index contributed by atoms with van der Waals surface area (Å²) in [6.07, 6.45) is 4.83. The van der Waals surface area contributed by atoms with Crippen molar-refractivity contribution in [2.24, 2.45) is 17.8 Å². The van der Waals surface area contributed by atoms with E-state index in [9.17, 15) is 9.90 Å². The lowest BCUT2D eigenvalue weighted by molar-refractivity contribution is -0.123. The first-order chi connectivity index (χ1) is 8.65. The third kappa shape index (κ3) is 1.88. The smallest absolute Gasteiger partial charge is 0.230 e. The van der Waals surface area contributed by atoms with Crippen LogP contribution < -0.4 is 4.90 Å². The average molecular weight is 245 g/mol. The highest BCUT2D eigenvalue weighted by atomic mass is 16.3. The first kappa shape index (κ1) is 11.6. The van der Waals surface area contributed by atoms with Crippen LogP contribution in [0.15, 0.2) is 24.3 Å². The van der Waals surface area contributed by atoms with Crippen molar-refractivity contribution in [3.63, 3.8) is 0 Å². The summed E-state index contributed by atoms with van der Waals surface area (Å²) in [5, 5.41) is 9.48. The Hall–Kier alpha value is -1.51. The summed E-state index contributed by atoms with van der Waals surface area (Å²) < 4.78 is 0. The van der Waals surface area contributed by atoms with Gasteiger partial charge in [-0.05, 0) is 43.2 Å². The monoisotopic (exact) mass is 245 g/mol. The molecule has 18 heavy (non-hydrogen) atoms. The first-order valence-electron chi connectivity index (χ1n) is 6.72. The van der Waals surface area contributed by atoms with Gasteiger partial charge in [-0.2, -0.15) is 0 Å². The second-order valence-electron chi connectivity index (χ2n) is 5.70. The highest BCUT2D eigenvalue weighted by Crippen LogP contribution is 2.49. The molecule has 2 aliphatic rings. The number of amides is 1. The van der Waals surface area contributed by atoms with E-state index in [2.05, 4.69) is 0 Å². The lowest BCUT2D eigenvalue weighted by Gasteiger charge is -2.26. The Morgan fingerprint density at radius 1 is 1.33 bits per heavy atom. The summed E-state index contributed by atoms with van der Waals surface area (Å²) in [7, 11) is 1.81. The largest absolute Gasteiger partial charge is 0.508 e. The molecule has 0 aromatic heterocycles. The van der Waals surface area contributed by atoms with Crippen molar-refractivity contribution in [2.45, 2.75) is 25.7 Å². The van der Waals surface area contributed by atoms with E-state index < -0.39 is 0 Å². The van der Waals surface area contributed by atoms with Crippen LogP contribution in [0, 0.1) is 17.8 Å². The molecule has 3 unspecified atom stereocenters. The summed E-state index contributed by atoms with van der Waals surface area (Å²) in [6, 6.07) is 6.91. The molecular weight excluding hydrogens is 226 g/mol. The zero-order chi connectivity index (χ0) is 12.7. The van der Waals surface area contributed by atoms with E-state index >= 15 is 0 Å². The summed E-state index contributed by atoms with van der Waals surface area (Å²) in [5.74, 6) is 2.01. The molecule has 1 N–H and O–H groups in total. The maximum atomic E-state index is 12.5. The molecular formula is C15H19NO2. The predicted molar refractivity (Wildman–Crippen MR) is 70.5 cm³/mol. The van der Waals surface area contributed by atoms with Crippen molar-refractivity contribution in [3.05, 3.63) is 24.3 Å². The maximum absolute atomic E-state index is 12.5. The molecule has 3 atom stereocenters. The molecule has 0 spiro atoms. The fourth-order valence-electron chi connectivity index (χ4n) is 3.62. The molecule has 3 rings (SSSR count). The molecule has 0 aliphatic heterocycles. The van der Waals surface area contributed by atoms with Crippen molar-refractivity contribution in [1.29, 1.82) is 0 Å². The topological polar surface area (TPSA) is 40.5 Å². The number of phenols is 1. The zero-order valence-corrected chi connectivity index (χ0v) is 10.7. The predicted octanol–water partition coefficient (Wildman–Crippen LogP) is 2.79. The van der Waals surface area contributed by atoms with Crippen LogP contribution in [-0.4, -0.2) is 18.1 Å². The normalized spacial score (nSPS) is 29.5. The molecule has 2 saturated carbocycles. The quantitative estimate of drug-likeness (QED) is 0.870. The van der Waals surface area contributed by atoms with Crippen LogP contribution >= 0.6 is 0 Å². The van der Waals surface area contributed by atoms with Crippen LogP contribution in [0.5, 0.6) is 5.75 Å². The number of benzene rings is 1. The molecule has 0 radical (unpaired) electrons. The number of phenolic OH excluding ortho intramolecular Hbond substituents is 1. The first-order valence-corrected chi connectivity index (χ1v) is 6.72. The van der Waals surface area contributed by atoms with Crippen molar-refractivity contribution in [3.8, 4) is 5.75 Å². The molecule has 1 amide bonds. The standard InChI is InChI=1S/C15H19NO2/c1-16(12-3-2-4-13(17)9-12)15(18)14-8-10-5-6-11(14)7-10/h2-4,9-11,14,17H,5-8H2,1H3. The SMILES string of the molecule is CN(C(=O)C1CC2CCC1C2)c1cccc(O)c1. The Morgan fingerprint density at radius 3 is 2.78 bits per heavy atom. The Bertz CT molecular complexity index is 471. The van der Waals surface area contributed by atoms with Crippen molar-refractivity contribution in [2.75, 3.05) is 11.9 Å². The minimum absolute atomic E-state index is 0.205. The number of aromatic hydroxyl groups is 1. The minimum atomic E-state index is 0.205. The fraction of sp³-hybridized carbons (Fsp3) is 0.533. The van der Waals surface area contributed by atoms with Gasteiger partial charge in [0, 0.05) is 24.7 Å². The van der Waals surface area contributed by atoms with Crippen LogP contribution in [-0.2, 0) is 4.79 Å². The van der Waals surface area contributed by atoms with Gasteiger partial charge in [0.15, 0.2) is 0 Å². The van der Waals surface area contributed by atoms with E-state index in [0.717, 1.165) is 18.0 Å². The Kier molecular flexibility index (Phi) is 2.77. The third-order valence-corrected chi connectivity index (χ3v) is 4.60. The molecule has 2 fully saturated rings. The van der Waals surface area contributed by atoms with E-state index in [1.165, 1.54) is 19.3 Å². The van der Waals surface area contributed by atoms with Gasteiger partial charge in [-0.15, -0.1) is 0 Å². The fourth-order valence-corrected chi connectivity index (χ4v) is 3.62. The second kappa shape index (κ2) is 4.30. The molecule has 2 bridgehead atoms. The number of hydrogen-bond acceptors (Lipinski definition) is 2. The summed E-state index contributed by atoms with van der Waals surface area (Å²) >= 11 is 0. The van der Waals surface area contributed by atoms with Gasteiger partial charge in [-0.25, -0.2) is 0 Å². The second-order valence-corrected chi connectivity index (χ2v) is 5.70. The number of nitrogens with zero attached hydrogens (tertiary/aromatic N) is 1. The molecule has 3 heteroatoms. The van der Waals surface area contributed by atoms with Gasteiger partial charge < -0.3 is 10.0 Å². The number of carbonyl (C=O) groups is 1. The zero-order valence-electron chi connectivity index (χ0n) is 10.7. The van der Waals surface area contributed by atoms with Crippen LogP contribution in [0.2, 0.25) is 0 Å². The average Bonchev–Trinajstić information content (AvgIpc) is 2.99. The third-order valence-electron chi connectivity index (χ3n) is 4.60. The molecule has 96 valence electrons. The summed E-state index contributed by atoms with van der Waals surface area (Å²) in [4.78, 5) is 14.2. The Balaban J connectivity index is 1.76. The summed E-state index contributed by atoms with van der Waals surface area (Å²) in [6.45, 7) is 0. The lowest BCUT2D eigenvalue weighted by Crippen LogP contribution is -2.35. The number of carbonyl (C=O) groups excluding carboxylic acids is 1. The number of anilines is 1. The lowest BCUT2D eigenvalue weighted by atomic mass is 9.88. The molecule has 1 aromatic carbocycles. The van der Waals surface area contributed by atoms with E-state index in [4.69, 9.17) is 0 Å². The Morgan fingerprint density at radius 2 is 2.17 bits per heavy atom. The van der Waals surface area contributed by atoms with Crippen LogP contribution in [0.4, 0.5) is 5.69 Å². The van der Waals surface area contributed by atoms with Crippen molar-refractivity contribution < 1.29 is 9.90 Å². The molecule has 2 aliphatic carbocycles. The van der Waals surface area contributed by atoms with Crippen molar-refractivity contribution >= 4 is 11.6 Å². The summed E-state index contributed by atoms with van der Waals surface area (Å²) in [5.41, 5.74) is 0.780. The molecule has 0 heterocycles. The minimum Gasteiger partial charge on any atom is -0.508 e. The van der Waals surface area contributed by atoms with Crippen LogP contribution in [0.25, 0.3) is 0 Å². The van der Waals surface area contributed by atoms with Gasteiger partial charge in [-0.3, -0.25) is 4.79 Å². The van der Waals surface area contributed by atoms with Gasteiger partial charge in [0.2, 0.25) is 5.91 Å². The highest BCUT2D eigenvalue weighted by Gasteiger charge is 2.44. The molecule has 3 nitrogen and oxygen atoms in total. The van der Waals surface area contributed by atoms with Crippen LogP contribution in [0.1, 0.15) is 25.7 Å². The maximum Gasteiger partial charge on any atom is 0.230 e. The van der Waals surface area contributed by atoms with Gasteiger partial charge in [0.1, 0.15) is 5.75 Å². The van der Waals surface area contributed by atoms with Gasteiger partial charge in [0.25, 0.3) is 0 Å². The van der Waals surface area contributed by atoms with E-state index in [1.54, 1.807) is 23.1 Å². The number of fused-ring (bicyclic) bond motifs is 2. The van der Waals surface area contributed by atoms with Gasteiger partial charge in [0.05, 0.1) is 0 Å². The number of rotatable bonds is 2. The number of hydrogen-bond donors (Lipinski definition) is 1.